The molecule has 0 radical (unpaired) electrons. The molecule has 1 saturated heterocycles. The van der Waals surface area contributed by atoms with Crippen LogP contribution < -0.4 is 5.73 Å². The Hall–Kier alpha value is -1.11. The zero-order valence-corrected chi connectivity index (χ0v) is 13.3. The standard InChI is InChI=1S/C14H22N2O3S/c1-10-5-6-12(15)11(2)13(10)20(17,18)16-7-8-19-14(3,4)9-16/h5-6H,7-9,15H2,1-4H3. The second kappa shape index (κ2) is 5.02. The molecule has 1 aliphatic heterocycles. The first-order valence-electron chi connectivity index (χ1n) is 6.65. The number of benzene rings is 1. The molecule has 5 nitrogen and oxygen atoms in total. The van der Waals surface area contributed by atoms with E-state index in [0.29, 0.717) is 35.8 Å². The maximum absolute atomic E-state index is 12.9. The van der Waals surface area contributed by atoms with Crippen LogP contribution in [0.2, 0.25) is 0 Å². The highest BCUT2D eigenvalue weighted by atomic mass is 32.2. The van der Waals surface area contributed by atoms with Crippen molar-refractivity contribution in [3.63, 3.8) is 0 Å². The van der Waals surface area contributed by atoms with Crippen LogP contribution in [0.4, 0.5) is 5.69 Å². The number of hydrogen-bond donors (Lipinski definition) is 1. The molecule has 2 N–H and O–H groups in total. The van der Waals surface area contributed by atoms with Crippen LogP contribution in [0, 0.1) is 13.8 Å². The summed E-state index contributed by atoms with van der Waals surface area (Å²) in [5.41, 5.74) is 7.24. The molecule has 0 aromatic heterocycles. The predicted octanol–water partition coefficient (Wildman–Crippen LogP) is 1.69. The van der Waals surface area contributed by atoms with Gasteiger partial charge in [0.1, 0.15) is 0 Å². The van der Waals surface area contributed by atoms with Crippen LogP contribution in [0.1, 0.15) is 25.0 Å². The maximum Gasteiger partial charge on any atom is 0.243 e. The summed E-state index contributed by atoms with van der Waals surface area (Å²) in [5, 5.41) is 0. The van der Waals surface area contributed by atoms with Crippen molar-refractivity contribution in [2.45, 2.75) is 38.2 Å². The molecule has 0 unspecified atom stereocenters. The van der Waals surface area contributed by atoms with E-state index in [1.54, 1.807) is 26.0 Å². The van der Waals surface area contributed by atoms with E-state index in [9.17, 15) is 8.42 Å². The first-order valence-corrected chi connectivity index (χ1v) is 8.09. The molecule has 0 spiro atoms. The number of aryl methyl sites for hydroxylation is 1. The zero-order valence-electron chi connectivity index (χ0n) is 12.4. The molecule has 20 heavy (non-hydrogen) atoms. The Kier molecular flexibility index (Phi) is 3.83. The monoisotopic (exact) mass is 298 g/mol. The summed E-state index contributed by atoms with van der Waals surface area (Å²) in [5.74, 6) is 0. The molecule has 0 bridgehead atoms. The largest absolute Gasteiger partial charge is 0.398 e. The van der Waals surface area contributed by atoms with Crippen molar-refractivity contribution < 1.29 is 13.2 Å². The fraction of sp³-hybridized carbons (Fsp3) is 0.571. The van der Waals surface area contributed by atoms with Gasteiger partial charge in [0, 0.05) is 18.8 Å². The van der Waals surface area contributed by atoms with E-state index >= 15 is 0 Å². The van der Waals surface area contributed by atoms with Crippen molar-refractivity contribution in [3.8, 4) is 0 Å². The maximum atomic E-state index is 12.9. The van der Waals surface area contributed by atoms with Gasteiger partial charge >= 0.3 is 0 Å². The normalized spacial score (nSPS) is 20.0. The molecule has 0 saturated carbocycles. The fourth-order valence-electron chi connectivity index (χ4n) is 2.55. The molecular formula is C14H22N2O3S. The SMILES string of the molecule is Cc1ccc(N)c(C)c1S(=O)(=O)N1CCOC(C)(C)C1. The van der Waals surface area contributed by atoms with Crippen molar-refractivity contribution >= 4 is 15.7 Å². The molecule has 112 valence electrons. The number of nitrogens with two attached hydrogens (primary N) is 1. The summed E-state index contributed by atoms with van der Waals surface area (Å²) in [6, 6.07) is 3.49. The summed E-state index contributed by atoms with van der Waals surface area (Å²) in [4.78, 5) is 0.329. The molecule has 1 aromatic carbocycles. The van der Waals surface area contributed by atoms with Crippen molar-refractivity contribution in [2.24, 2.45) is 0 Å². The van der Waals surface area contributed by atoms with Gasteiger partial charge in [0.05, 0.1) is 17.1 Å². The van der Waals surface area contributed by atoms with Gasteiger partial charge in [-0.1, -0.05) is 6.07 Å². The summed E-state index contributed by atoms with van der Waals surface area (Å²) in [6.45, 7) is 8.47. The average Bonchev–Trinajstić information content (AvgIpc) is 2.33. The number of nitrogens with zero attached hydrogens (tertiary/aromatic N) is 1. The average molecular weight is 298 g/mol. The lowest BCUT2D eigenvalue weighted by atomic mass is 10.1. The number of hydrogen-bond acceptors (Lipinski definition) is 4. The quantitative estimate of drug-likeness (QED) is 0.843. The number of nitrogen functional groups attached to an aromatic ring is 1. The lowest BCUT2D eigenvalue weighted by molar-refractivity contribution is -0.0640. The second-order valence-electron chi connectivity index (χ2n) is 5.87. The minimum absolute atomic E-state index is 0.329. The minimum atomic E-state index is -3.54. The van der Waals surface area contributed by atoms with E-state index in [1.165, 1.54) is 4.31 Å². The first kappa shape index (κ1) is 15.3. The van der Waals surface area contributed by atoms with Crippen LogP contribution in [0.3, 0.4) is 0 Å². The van der Waals surface area contributed by atoms with Crippen molar-refractivity contribution in [3.05, 3.63) is 23.3 Å². The minimum Gasteiger partial charge on any atom is -0.398 e. The summed E-state index contributed by atoms with van der Waals surface area (Å²) >= 11 is 0. The van der Waals surface area contributed by atoms with Gasteiger partial charge in [0.25, 0.3) is 0 Å². The van der Waals surface area contributed by atoms with Crippen molar-refractivity contribution in [1.29, 1.82) is 0 Å². The highest BCUT2D eigenvalue weighted by Gasteiger charge is 2.36. The molecular weight excluding hydrogens is 276 g/mol. The van der Waals surface area contributed by atoms with E-state index in [0.717, 1.165) is 5.56 Å². The third kappa shape index (κ3) is 2.68. The Balaban J connectivity index is 2.49. The number of morpholine rings is 1. The molecule has 6 heteroatoms. The number of anilines is 1. The van der Waals surface area contributed by atoms with E-state index in [4.69, 9.17) is 10.5 Å². The topological polar surface area (TPSA) is 72.6 Å². The van der Waals surface area contributed by atoms with E-state index < -0.39 is 15.6 Å². The van der Waals surface area contributed by atoms with E-state index in [1.807, 2.05) is 13.8 Å². The molecule has 0 aliphatic carbocycles. The smallest absolute Gasteiger partial charge is 0.243 e. The van der Waals surface area contributed by atoms with Gasteiger partial charge in [-0.15, -0.1) is 0 Å². The molecule has 1 aliphatic rings. The zero-order chi connectivity index (χ0) is 15.1. The molecule has 0 atom stereocenters. The summed E-state index contributed by atoms with van der Waals surface area (Å²) in [7, 11) is -3.54. The number of sulfonamides is 1. The molecule has 0 amide bonds. The predicted molar refractivity (Wildman–Crippen MR) is 79.1 cm³/mol. The van der Waals surface area contributed by atoms with Crippen LogP contribution in [0.5, 0.6) is 0 Å². The van der Waals surface area contributed by atoms with E-state index in [2.05, 4.69) is 0 Å². The Labute approximate surface area is 120 Å². The highest BCUT2D eigenvalue weighted by molar-refractivity contribution is 7.89. The Morgan fingerprint density at radius 1 is 1.30 bits per heavy atom. The second-order valence-corrected chi connectivity index (χ2v) is 7.75. The first-order chi connectivity index (χ1) is 9.15. The van der Waals surface area contributed by atoms with Crippen LogP contribution in [0.25, 0.3) is 0 Å². The summed E-state index contributed by atoms with van der Waals surface area (Å²) in [6.07, 6.45) is 0. The van der Waals surface area contributed by atoms with Crippen LogP contribution >= 0.6 is 0 Å². The molecule has 1 fully saturated rings. The highest BCUT2D eigenvalue weighted by Crippen LogP contribution is 2.30. The fourth-order valence-corrected chi connectivity index (χ4v) is 4.58. The van der Waals surface area contributed by atoms with Gasteiger partial charge in [0.15, 0.2) is 0 Å². The third-order valence-corrected chi connectivity index (χ3v) is 5.77. The van der Waals surface area contributed by atoms with Crippen LogP contribution in [-0.2, 0) is 14.8 Å². The van der Waals surface area contributed by atoms with Crippen molar-refractivity contribution in [2.75, 3.05) is 25.4 Å². The van der Waals surface area contributed by atoms with Gasteiger partial charge in [-0.2, -0.15) is 4.31 Å². The van der Waals surface area contributed by atoms with Crippen molar-refractivity contribution in [1.82, 2.24) is 4.31 Å². The summed E-state index contributed by atoms with van der Waals surface area (Å²) < 4.78 is 32.8. The van der Waals surface area contributed by atoms with E-state index in [-0.39, 0.29) is 0 Å². The molecule has 2 rings (SSSR count). The van der Waals surface area contributed by atoms with Crippen LogP contribution in [0.15, 0.2) is 17.0 Å². The molecule has 1 aromatic rings. The Morgan fingerprint density at radius 3 is 2.55 bits per heavy atom. The van der Waals surface area contributed by atoms with Gasteiger partial charge in [-0.3, -0.25) is 0 Å². The third-order valence-electron chi connectivity index (χ3n) is 3.63. The lowest BCUT2D eigenvalue weighted by Crippen LogP contribution is -2.50. The van der Waals surface area contributed by atoms with Gasteiger partial charge < -0.3 is 10.5 Å². The van der Waals surface area contributed by atoms with Gasteiger partial charge in [-0.25, -0.2) is 8.42 Å². The van der Waals surface area contributed by atoms with Gasteiger partial charge in [0.2, 0.25) is 10.0 Å². The number of ether oxygens (including phenoxy) is 1. The lowest BCUT2D eigenvalue weighted by Gasteiger charge is -2.37. The van der Waals surface area contributed by atoms with Gasteiger partial charge in [-0.05, 0) is 44.9 Å². The molecule has 1 heterocycles. The Morgan fingerprint density at radius 2 is 1.95 bits per heavy atom. The Bertz CT molecular complexity index is 624. The van der Waals surface area contributed by atoms with Crippen LogP contribution in [-0.4, -0.2) is 38.0 Å². The number of rotatable bonds is 2.